The standard InChI is InChI=1S/C14H13N5/c1-9-13(15)17-8-18-14(9)19-11-4-5-12-10(7-11)3-2-6-16-12/h2-8H,1H3,(H3,15,17,18,19). The molecule has 0 aliphatic heterocycles. The average Bonchev–Trinajstić information content (AvgIpc) is 2.44. The second-order valence-electron chi connectivity index (χ2n) is 4.27. The first-order valence-electron chi connectivity index (χ1n) is 5.93. The molecular weight excluding hydrogens is 238 g/mol. The predicted octanol–water partition coefficient (Wildman–Crippen LogP) is 2.66. The summed E-state index contributed by atoms with van der Waals surface area (Å²) in [6.07, 6.45) is 3.23. The second kappa shape index (κ2) is 4.53. The maximum absolute atomic E-state index is 5.76. The van der Waals surface area contributed by atoms with Gasteiger partial charge in [-0.15, -0.1) is 0 Å². The number of nitrogens with two attached hydrogens (primary N) is 1. The van der Waals surface area contributed by atoms with Crippen molar-refractivity contribution in [1.29, 1.82) is 0 Å². The Hall–Kier alpha value is -2.69. The molecule has 5 heteroatoms. The van der Waals surface area contributed by atoms with Gasteiger partial charge in [-0.2, -0.15) is 0 Å². The summed E-state index contributed by atoms with van der Waals surface area (Å²) in [6, 6.07) is 9.90. The number of hydrogen-bond acceptors (Lipinski definition) is 5. The molecule has 3 rings (SSSR count). The molecular formula is C14H13N5. The molecule has 0 fully saturated rings. The lowest BCUT2D eigenvalue weighted by Crippen LogP contribution is -2.01. The summed E-state index contributed by atoms with van der Waals surface area (Å²) in [7, 11) is 0. The van der Waals surface area contributed by atoms with Crippen LogP contribution in [0.5, 0.6) is 0 Å². The van der Waals surface area contributed by atoms with E-state index >= 15 is 0 Å². The van der Waals surface area contributed by atoms with E-state index in [9.17, 15) is 0 Å². The zero-order chi connectivity index (χ0) is 13.2. The highest BCUT2D eigenvalue weighted by Gasteiger charge is 2.04. The molecule has 0 spiro atoms. The molecule has 94 valence electrons. The van der Waals surface area contributed by atoms with Gasteiger partial charge in [-0.25, -0.2) is 9.97 Å². The van der Waals surface area contributed by atoms with Gasteiger partial charge in [0, 0.05) is 22.8 Å². The molecule has 0 atom stereocenters. The van der Waals surface area contributed by atoms with Crippen LogP contribution >= 0.6 is 0 Å². The van der Waals surface area contributed by atoms with E-state index in [1.54, 1.807) is 6.20 Å². The van der Waals surface area contributed by atoms with E-state index in [-0.39, 0.29) is 0 Å². The largest absolute Gasteiger partial charge is 0.383 e. The summed E-state index contributed by atoms with van der Waals surface area (Å²) in [4.78, 5) is 12.4. The van der Waals surface area contributed by atoms with Gasteiger partial charge in [-0.1, -0.05) is 6.07 Å². The molecule has 0 amide bonds. The van der Waals surface area contributed by atoms with Crippen LogP contribution in [0.15, 0.2) is 42.9 Å². The first-order valence-corrected chi connectivity index (χ1v) is 5.93. The molecule has 2 aromatic heterocycles. The van der Waals surface area contributed by atoms with Gasteiger partial charge < -0.3 is 11.1 Å². The highest BCUT2D eigenvalue weighted by atomic mass is 15.0. The summed E-state index contributed by atoms with van der Waals surface area (Å²) in [5.74, 6) is 1.20. The van der Waals surface area contributed by atoms with Crippen LogP contribution in [0, 0.1) is 6.92 Å². The quantitative estimate of drug-likeness (QED) is 0.732. The third kappa shape index (κ3) is 2.18. The molecule has 5 nitrogen and oxygen atoms in total. The normalized spacial score (nSPS) is 10.6. The van der Waals surface area contributed by atoms with E-state index in [0.29, 0.717) is 5.82 Å². The van der Waals surface area contributed by atoms with E-state index in [4.69, 9.17) is 5.73 Å². The Balaban J connectivity index is 1.99. The first-order chi connectivity index (χ1) is 9.24. The summed E-state index contributed by atoms with van der Waals surface area (Å²) in [5.41, 5.74) is 8.52. The Morgan fingerprint density at radius 3 is 2.89 bits per heavy atom. The number of nitrogen functional groups attached to an aromatic ring is 1. The summed E-state index contributed by atoms with van der Waals surface area (Å²) in [5, 5.41) is 4.32. The van der Waals surface area contributed by atoms with Gasteiger partial charge in [0.05, 0.1) is 5.52 Å². The predicted molar refractivity (Wildman–Crippen MR) is 76.2 cm³/mol. The monoisotopic (exact) mass is 251 g/mol. The minimum atomic E-state index is 0.486. The van der Waals surface area contributed by atoms with Crippen molar-refractivity contribution in [1.82, 2.24) is 15.0 Å². The van der Waals surface area contributed by atoms with Crippen LogP contribution in [0.2, 0.25) is 0 Å². The fourth-order valence-corrected chi connectivity index (χ4v) is 1.88. The molecule has 0 bridgehead atoms. The Bertz CT molecular complexity index is 739. The van der Waals surface area contributed by atoms with Crippen molar-refractivity contribution < 1.29 is 0 Å². The van der Waals surface area contributed by atoms with Crippen LogP contribution < -0.4 is 11.1 Å². The average molecular weight is 251 g/mol. The van der Waals surface area contributed by atoms with Gasteiger partial charge >= 0.3 is 0 Å². The van der Waals surface area contributed by atoms with Crippen LogP contribution in [0.3, 0.4) is 0 Å². The number of nitrogens with one attached hydrogen (secondary N) is 1. The number of anilines is 3. The van der Waals surface area contributed by atoms with Gasteiger partial charge in [-0.3, -0.25) is 4.98 Å². The molecule has 2 heterocycles. The van der Waals surface area contributed by atoms with Crippen molar-refractivity contribution in [3.8, 4) is 0 Å². The van der Waals surface area contributed by atoms with Gasteiger partial charge in [0.2, 0.25) is 0 Å². The third-order valence-corrected chi connectivity index (χ3v) is 2.99. The van der Waals surface area contributed by atoms with Crippen LogP contribution in [0.4, 0.5) is 17.3 Å². The van der Waals surface area contributed by atoms with Crippen molar-refractivity contribution in [3.05, 3.63) is 48.4 Å². The Morgan fingerprint density at radius 1 is 1.11 bits per heavy atom. The van der Waals surface area contributed by atoms with Crippen LogP contribution in [0.25, 0.3) is 10.9 Å². The maximum atomic E-state index is 5.76. The lowest BCUT2D eigenvalue weighted by Gasteiger charge is -2.09. The summed E-state index contributed by atoms with van der Waals surface area (Å²) in [6.45, 7) is 1.89. The minimum Gasteiger partial charge on any atom is -0.383 e. The number of aromatic nitrogens is 3. The fourth-order valence-electron chi connectivity index (χ4n) is 1.88. The first kappa shape index (κ1) is 11.4. The SMILES string of the molecule is Cc1c(N)ncnc1Nc1ccc2ncccc2c1. The highest BCUT2D eigenvalue weighted by molar-refractivity contribution is 5.83. The molecule has 19 heavy (non-hydrogen) atoms. The van der Waals surface area contributed by atoms with Gasteiger partial charge in [0.1, 0.15) is 18.0 Å². The smallest absolute Gasteiger partial charge is 0.138 e. The van der Waals surface area contributed by atoms with Crippen LogP contribution in [0.1, 0.15) is 5.56 Å². The van der Waals surface area contributed by atoms with E-state index in [0.717, 1.165) is 28.0 Å². The van der Waals surface area contributed by atoms with Gasteiger partial charge in [0.15, 0.2) is 0 Å². The number of pyridine rings is 1. The molecule has 3 aromatic rings. The van der Waals surface area contributed by atoms with Gasteiger partial charge in [0.25, 0.3) is 0 Å². The molecule has 0 aliphatic rings. The van der Waals surface area contributed by atoms with Crippen molar-refractivity contribution in [3.63, 3.8) is 0 Å². The number of benzene rings is 1. The number of fused-ring (bicyclic) bond motifs is 1. The van der Waals surface area contributed by atoms with E-state index in [1.807, 2.05) is 37.3 Å². The van der Waals surface area contributed by atoms with Crippen molar-refractivity contribution in [2.24, 2.45) is 0 Å². The zero-order valence-electron chi connectivity index (χ0n) is 10.5. The zero-order valence-corrected chi connectivity index (χ0v) is 10.5. The Kier molecular flexibility index (Phi) is 2.72. The number of nitrogens with zero attached hydrogens (tertiary/aromatic N) is 3. The minimum absolute atomic E-state index is 0.486. The Morgan fingerprint density at radius 2 is 2.00 bits per heavy atom. The summed E-state index contributed by atoms with van der Waals surface area (Å²) >= 11 is 0. The van der Waals surface area contributed by atoms with Crippen LogP contribution in [-0.4, -0.2) is 15.0 Å². The summed E-state index contributed by atoms with van der Waals surface area (Å²) < 4.78 is 0. The molecule has 0 saturated carbocycles. The van der Waals surface area contributed by atoms with Gasteiger partial charge in [-0.05, 0) is 31.2 Å². The highest BCUT2D eigenvalue weighted by Crippen LogP contribution is 2.23. The fraction of sp³-hybridized carbons (Fsp3) is 0.0714. The van der Waals surface area contributed by atoms with Crippen molar-refractivity contribution in [2.45, 2.75) is 6.92 Å². The Labute approximate surface area is 110 Å². The number of rotatable bonds is 2. The lowest BCUT2D eigenvalue weighted by atomic mass is 10.2. The van der Waals surface area contributed by atoms with Crippen molar-refractivity contribution in [2.75, 3.05) is 11.1 Å². The van der Waals surface area contributed by atoms with E-state index in [2.05, 4.69) is 20.3 Å². The molecule has 1 aromatic carbocycles. The molecule has 0 radical (unpaired) electrons. The number of hydrogen-bond donors (Lipinski definition) is 2. The lowest BCUT2D eigenvalue weighted by molar-refractivity contribution is 1.14. The molecule has 0 unspecified atom stereocenters. The topological polar surface area (TPSA) is 76.7 Å². The molecule has 3 N–H and O–H groups in total. The molecule has 0 saturated heterocycles. The maximum Gasteiger partial charge on any atom is 0.138 e. The van der Waals surface area contributed by atoms with E-state index < -0.39 is 0 Å². The third-order valence-electron chi connectivity index (χ3n) is 2.99. The van der Waals surface area contributed by atoms with Crippen molar-refractivity contribution >= 4 is 28.2 Å². The second-order valence-corrected chi connectivity index (χ2v) is 4.27. The van der Waals surface area contributed by atoms with E-state index in [1.165, 1.54) is 6.33 Å². The van der Waals surface area contributed by atoms with Crippen LogP contribution in [-0.2, 0) is 0 Å². The molecule has 0 aliphatic carbocycles.